The van der Waals surface area contributed by atoms with Crippen molar-refractivity contribution in [2.75, 3.05) is 31.1 Å². The van der Waals surface area contributed by atoms with Crippen LogP contribution in [0.15, 0.2) is 36.4 Å². The summed E-state index contributed by atoms with van der Waals surface area (Å²) in [5, 5.41) is 20.3. The zero-order valence-electron chi connectivity index (χ0n) is 14.7. The highest BCUT2D eigenvalue weighted by Crippen LogP contribution is 2.48. The molecule has 3 aliphatic rings. The van der Waals surface area contributed by atoms with Crippen LogP contribution >= 0.6 is 0 Å². The number of carbonyl (C=O) groups is 2. The van der Waals surface area contributed by atoms with E-state index in [2.05, 4.69) is 4.90 Å². The maximum absolute atomic E-state index is 13.0. The second-order valence-corrected chi connectivity index (χ2v) is 7.42. The Morgan fingerprint density at radius 2 is 1.59 bits per heavy atom. The van der Waals surface area contributed by atoms with Gasteiger partial charge in [-0.15, -0.1) is 0 Å². The van der Waals surface area contributed by atoms with Crippen LogP contribution in [0, 0.1) is 33.8 Å². The summed E-state index contributed by atoms with van der Waals surface area (Å²) in [5.41, 5.74) is 0.940. The molecule has 1 N–H and O–H groups in total. The van der Waals surface area contributed by atoms with Crippen LogP contribution in [-0.2, 0) is 9.59 Å². The average molecular weight is 371 g/mol. The fourth-order valence-electron chi connectivity index (χ4n) is 4.68. The summed E-state index contributed by atoms with van der Waals surface area (Å²) in [5.74, 6) is -1.99. The Morgan fingerprint density at radius 3 is 2.15 bits per heavy atom. The first-order chi connectivity index (χ1) is 13.0. The van der Waals surface area contributed by atoms with Gasteiger partial charge in [-0.1, -0.05) is 12.2 Å². The van der Waals surface area contributed by atoms with Crippen molar-refractivity contribution in [1.82, 2.24) is 4.90 Å². The van der Waals surface area contributed by atoms with Crippen LogP contribution < -0.4 is 4.90 Å². The number of allylic oxidation sites excluding steroid dienone is 2. The molecule has 8 nitrogen and oxygen atoms in total. The van der Waals surface area contributed by atoms with Crippen LogP contribution in [0.1, 0.15) is 6.42 Å². The first-order valence-corrected chi connectivity index (χ1v) is 9.15. The number of aliphatic carboxylic acids is 1. The largest absolute Gasteiger partial charge is 0.481 e. The molecule has 1 aromatic rings. The van der Waals surface area contributed by atoms with Crippen molar-refractivity contribution in [2.24, 2.45) is 23.7 Å². The second kappa shape index (κ2) is 6.68. The van der Waals surface area contributed by atoms with Crippen LogP contribution in [0.2, 0.25) is 0 Å². The van der Waals surface area contributed by atoms with E-state index in [1.54, 1.807) is 17.0 Å². The minimum atomic E-state index is -0.880. The molecule has 4 atom stereocenters. The lowest BCUT2D eigenvalue weighted by Gasteiger charge is -2.38. The number of rotatable bonds is 4. The van der Waals surface area contributed by atoms with Gasteiger partial charge in [0.25, 0.3) is 5.69 Å². The Balaban J connectivity index is 1.40. The number of hydrogen-bond donors (Lipinski definition) is 1. The van der Waals surface area contributed by atoms with Crippen molar-refractivity contribution in [3.8, 4) is 0 Å². The molecular formula is C19H21N3O5. The Morgan fingerprint density at radius 1 is 1.00 bits per heavy atom. The summed E-state index contributed by atoms with van der Waals surface area (Å²) < 4.78 is 0. The monoisotopic (exact) mass is 371 g/mol. The third kappa shape index (κ3) is 3.05. The smallest absolute Gasteiger partial charge is 0.307 e. The number of fused-ring (bicyclic) bond motifs is 2. The molecule has 1 heterocycles. The highest BCUT2D eigenvalue weighted by atomic mass is 16.6. The van der Waals surface area contributed by atoms with Crippen molar-refractivity contribution < 1.29 is 19.6 Å². The maximum atomic E-state index is 13.0. The number of carboxylic acid groups (broad SMARTS) is 1. The lowest BCUT2D eigenvalue weighted by Crippen LogP contribution is -2.52. The Hall–Kier alpha value is -2.90. The number of nitrogens with zero attached hydrogens (tertiary/aromatic N) is 3. The molecular weight excluding hydrogens is 350 g/mol. The molecule has 0 spiro atoms. The average Bonchev–Trinajstić information content (AvgIpc) is 3.29. The van der Waals surface area contributed by atoms with Crippen molar-refractivity contribution in [3.05, 3.63) is 46.5 Å². The molecule has 1 aromatic carbocycles. The molecule has 27 heavy (non-hydrogen) atoms. The molecule has 4 rings (SSSR count). The number of benzene rings is 1. The number of nitro groups is 1. The highest BCUT2D eigenvalue weighted by Gasteiger charge is 2.52. The van der Waals surface area contributed by atoms with E-state index in [0.29, 0.717) is 26.2 Å². The lowest BCUT2D eigenvalue weighted by molar-refractivity contribution is -0.384. The summed E-state index contributed by atoms with van der Waals surface area (Å²) in [6.45, 7) is 2.30. The number of anilines is 1. The molecule has 142 valence electrons. The Bertz CT molecular complexity index is 798. The van der Waals surface area contributed by atoms with E-state index in [0.717, 1.165) is 12.1 Å². The van der Waals surface area contributed by atoms with Gasteiger partial charge >= 0.3 is 5.97 Å². The summed E-state index contributed by atoms with van der Waals surface area (Å²) in [7, 11) is 0. The van der Waals surface area contributed by atoms with Gasteiger partial charge in [-0.25, -0.2) is 0 Å². The van der Waals surface area contributed by atoms with Gasteiger partial charge in [0.2, 0.25) is 5.91 Å². The summed E-state index contributed by atoms with van der Waals surface area (Å²) in [6, 6.07) is 6.39. The molecule has 2 fully saturated rings. The van der Waals surface area contributed by atoms with Crippen LogP contribution in [0.25, 0.3) is 0 Å². The van der Waals surface area contributed by atoms with Crippen LogP contribution in [0.4, 0.5) is 11.4 Å². The quantitative estimate of drug-likeness (QED) is 0.491. The summed E-state index contributed by atoms with van der Waals surface area (Å²) >= 11 is 0. The van der Waals surface area contributed by atoms with Crippen molar-refractivity contribution in [2.45, 2.75) is 6.42 Å². The molecule has 1 saturated carbocycles. The number of amides is 1. The van der Waals surface area contributed by atoms with E-state index in [9.17, 15) is 24.8 Å². The number of nitro benzene ring substituents is 1. The van der Waals surface area contributed by atoms with E-state index in [1.807, 2.05) is 12.2 Å². The van der Waals surface area contributed by atoms with E-state index in [4.69, 9.17) is 0 Å². The minimum absolute atomic E-state index is 0.0251. The first kappa shape index (κ1) is 17.5. The third-order valence-corrected chi connectivity index (χ3v) is 6.05. The fourth-order valence-corrected chi connectivity index (χ4v) is 4.68. The van der Waals surface area contributed by atoms with Gasteiger partial charge in [0.15, 0.2) is 0 Å². The zero-order chi connectivity index (χ0) is 19.1. The summed E-state index contributed by atoms with van der Waals surface area (Å²) in [6.07, 6.45) is 4.70. The highest BCUT2D eigenvalue weighted by molar-refractivity contribution is 5.87. The SMILES string of the molecule is O=C(O)[C@H]1C2C=CC(C2)[C@H]1C(=O)N1CCN(c2ccc([N+](=O)[O-])cc2)CC1. The Kier molecular flexibility index (Phi) is 4.33. The molecule has 8 heteroatoms. The molecule has 0 aromatic heterocycles. The summed E-state index contributed by atoms with van der Waals surface area (Å²) in [4.78, 5) is 38.8. The van der Waals surface area contributed by atoms with E-state index >= 15 is 0 Å². The van der Waals surface area contributed by atoms with Gasteiger partial charge in [-0.3, -0.25) is 19.7 Å². The number of non-ortho nitro benzene ring substituents is 1. The lowest BCUT2D eigenvalue weighted by atomic mass is 9.82. The Labute approximate surface area is 156 Å². The maximum Gasteiger partial charge on any atom is 0.307 e. The van der Waals surface area contributed by atoms with Crippen LogP contribution in [0.5, 0.6) is 0 Å². The van der Waals surface area contributed by atoms with E-state index < -0.39 is 22.7 Å². The first-order valence-electron chi connectivity index (χ1n) is 9.15. The number of carbonyl (C=O) groups excluding carboxylic acids is 1. The topological polar surface area (TPSA) is 104 Å². The van der Waals surface area contributed by atoms with E-state index in [1.165, 1.54) is 12.1 Å². The zero-order valence-corrected chi connectivity index (χ0v) is 14.7. The van der Waals surface area contributed by atoms with Gasteiger partial charge in [0.1, 0.15) is 0 Å². The molecule has 1 aliphatic heterocycles. The molecule has 2 bridgehead atoms. The van der Waals surface area contributed by atoms with Gasteiger partial charge in [0.05, 0.1) is 16.8 Å². The van der Waals surface area contributed by atoms with Crippen molar-refractivity contribution >= 4 is 23.3 Å². The second-order valence-electron chi connectivity index (χ2n) is 7.42. The standard InChI is InChI=1S/C19H21N3O5/c23-18(16-12-1-2-13(11-12)17(16)19(24)25)21-9-7-20(8-10-21)14-3-5-15(6-4-14)22(26)27/h1-6,12-13,16-17H,7-11H2,(H,24,25)/t12?,13?,16-,17+/m1/s1. The third-order valence-electron chi connectivity index (χ3n) is 6.05. The minimum Gasteiger partial charge on any atom is -0.481 e. The van der Waals surface area contributed by atoms with Gasteiger partial charge < -0.3 is 14.9 Å². The fraction of sp³-hybridized carbons (Fsp3) is 0.474. The number of carboxylic acids is 1. The van der Waals surface area contributed by atoms with Gasteiger partial charge in [0, 0.05) is 44.0 Å². The van der Waals surface area contributed by atoms with Crippen LogP contribution in [-0.4, -0.2) is 53.0 Å². The number of hydrogen-bond acceptors (Lipinski definition) is 5. The molecule has 2 aliphatic carbocycles. The normalized spacial score (nSPS) is 29.2. The van der Waals surface area contributed by atoms with Crippen LogP contribution in [0.3, 0.4) is 0 Å². The van der Waals surface area contributed by atoms with Crippen molar-refractivity contribution in [3.63, 3.8) is 0 Å². The van der Waals surface area contributed by atoms with E-state index in [-0.39, 0.29) is 23.4 Å². The predicted molar refractivity (Wildman–Crippen MR) is 97.2 cm³/mol. The molecule has 2 unspecified atom stereocenters. The molecule has 0 radical (unpaired) electrons. The van der Waals surface area contributed by atoms with Gasteiger partial charge in [-0.2, -0.15) is 0 Å². The van der Waals surface area contributed by atoms with Crippen molar-refractivity contribution in [1.29, 1.82) is 0 Å². The number of piperazine rings is 1. The molecule has 1 amide bonds. The van der Waals surface area contributed by atoms with Gasteiger partial charge in [-0.05, 0) is 30.4 Å². The predicted octanol–water partition coefficient (Wildman–Crippen LogP) is 1.77. The molecule has 1 saturated heterocycles.